The minimum atomic E-state index is 0.774. The van der Waals surface area contributed by atoms with Gasteiger partial charge in [0.2, 0.25) is 0 Å². The molecule has 1 N–H and O–H groups in total. The second kappa shape index (κ2) is 5.72. The summed E-state index contributed by atoms with van der Waals surface area (Å²) in [6, 6.07) is 6.22. The number of aryl methyl sites for hydroxylation is 1. The van der Waals surface area contributed by atoms with E-state index in [1.54, 1.807) is 0 Å². The molecule has 21 heavy (non-hydrogen) atoms. The van der Waals surface area contributed by atoms with E-state index in [1.807, 2.05) is 12.1 Å². The fourth-order valence-corrected chi connectivity index (χ4v) is 2.79. The van der Waals surface area contributed by atoms with Gasteiger partial charge >= 0.3 is 0 Å². The number of fused-ring (bicyclic) bond motifs is 1. The number of aromatic nitrogens is 2. The van der Waals surface area contributed by atoms with E-state index >= 15 is 0 Å². The molecule has 2 aromatic rings. The Morgan fingerprint density at radius 1 is 1.24 bits per heavy atom. The molecule has 4 nitrogen and oxygen atoms in total. The molecule has 0 unspecified atom stereocenters. The van der Waals surface area contributed by atoms with E-state index in [1.165, 1.54) is 11.1 Å². The zero-order valence-corrected chi connectivity index (χ0v) is 12.9. The molecule has 1 aliphatic heterocycles. The fourth-order valence-electron chi connectivity index (χ4n) is 2.79. The molecule has 1 aromatic heterocycles. The lowest BCUT2D eigenvalue weighted by Gasteiger charge is -2.13. The molecule has 0 saturated carbocycles. The van der Waals surface area contributed by atoms with E-state index in [0.29, 0.717) is 0 Å². The third kappa shape index (κ3) is 2.58. The molecule has 1 aliphatic rings. The van der Waals surface area contributed by atoms with Crippen molar-refractivity contribution in [3.8, 4) is 17.1 Å². The second-order valence-electron chi connectivity index (χ2n) is 5.26. The van der Waals surface area contributed by atoms with Crippen LogP contribution in [0.5, 0.6) is 5.75 Å². The van der Waals surface area contributed by atoms with Crippen molar-refractivity contribution in [1.29, 1.82) is 0 Å². The average Bonchev–Trinajstić information content (AvgIpc) is 2.94. The Labute approximate surface area is 125 Å². The maximum Gasteiger partial charge on any atom is 0.161 e. The maximum atomic E-state index is 5.56. The van der Waals surface area contributed by atoms with Crippen LogP contribution in [0.15, 0.2) is 18.2 Å². The first-order chi connectivity index (χ1) is 10.2. The molecule has 0 amide bonds. The van der Waals surface area contributed by atoms with E-state index in [9.17, 15) is 0 Å². The monoisotopic (exact) mass is 283 g/mol. The Morgan fingerprint density at radius 2 is 2.10 bits per heavy atom. The van der Waals surface area contributed by atoms with Crippen molar-refractivity contribution in [2.75, 3.05) is 18.5 Å². The smallest absolute Gasteiger partial charge is 0.161 e. The molecule has 4 heteroatoms. The largest absolute Gasteiger partial charge is 0.493 e. The van der Waals surface area contributed by atoms with Crippen molar-refractivity contribution < 1.29 is 4.74 Å². The Bertz CT molecular complexity index is 667. The first kappa shape index (κ1) is 13.9. The Hall–Kier alpha value is -2.10. The second-order valence-corrected chi connectivity index (χ2v) is 5.26. The Balaban J connectivity index is 2.06. The number of hydrogen-bond donors (Lipinski definition) is 1. The van der Waals surface area contributed by atoms with Crippen LogP contribution in [0.25, 0.3) is 11.4 Å². The van der Waals surface area contributed by atoms with Crippen LogP contribution < -0.4 is 10.1 Å². The molecule has 1 aromatic carbocycles. The topological polar surface area (TPSA) is 47.0 Å². The molecule has 0 saturated heterocycles. The third-order valence-corrected chi connectivity index (χ3v) is 3.86. The number of nitrogens with one attached hydrogen (secondary N) is 1. The van der Waals surface area contributed by atoms with Crippen LogP contribution in [0.4, 0.5) is 5.82 Å². The van der Waals surface area contributed by atoms with Crippen molar-refractivity contribution in [1.82, 2.24) is 9.97 Å². The summed E-state index contributed by atoms with van der Waals surface area (Å²) in [5.74, 6) is 2.74. The molecule has 0 fully saturated rings. The summed E-state index contributed by atoms with van der Waals surface area (Å²) in [6.07, 6.45) is 1.90. The van der Waals surface area contributed by atoms with Gasteiger partial charge in [-0.25, -0.2) is 9.97 Å². The summed E-state index contributed by atoms with van der Waals surface area (Å²) < 4.78 is 5.56. The minimum absolute atomic E-state index is 0.774. The van der Waals surface area contributed by atoms with Gasteiger partial charge in [0.25, 0.3) is 0 Å². The van der Waals surface area contributed by atoms with Gasteiger partial charge in [-0.2, -0.15) is 0 Å². The van der Waals surface area contributed by atoms with Crippen LogP contribution in [0, 0.1) is 6.92 Å². The van der Waals surface area contributed by atoms with E-state index < -0.39 is 0 Å². The lowest BCUT2D eigenvalue weighted by molar-refractivity contribution is 0.357. The van der Waals surface area contributed by atoms with Gasteiger partial charge in [0.05, 0.1) is 6.61 Å². The van der Waals surface area contributed by atoms with E-state index in [-0.39, 0.29) is 0 Å². The first-order valence-electron chi connectivity index (χ1n) is 7.60. The highest BCUT2D eigenvalue weighted by molar-refractivity contribution is 5.62. The quantitative estimate of drug-likeness (QED) is 0.934. The fraction of sp³-hybridized carbons (Fsp3) is 0.412. The van der Waals surface area contributed by atoms with Gasteiger partial charge in [0.15, 0.2) is 5.82 Å². The molecular weight excluding hydrogens is 262 g/mol. The highest BCUT2D eigenvalue weighted by atomic mass is 16.5. The molecular formula is C17H21N3O. The lowest BCUT2D eigenvalue weighted by atomic mass is 10.1. The van der Waals surface area contributed by atoms with Gasteiger partial charge in [0.1, 0.15) is 11.6 Å². The number of ether oxygens (including phenoxy) is 1. The van der Waals surface area contributed by atoms with Crippen molar-refractivity contribution in [3.05, 3.63) is 35.0 Å². The standard InChI is InChI=1S/C17H21N3O/c1-4-14-11(3)19-16(20-17(14)18-5-2)13-6-7-15-12(10-13)8-9-21-15/h6-7,10H,4-5,8-9H2,1-3H3,(H,18,19,20). The number of hydrogen-bond acceptors (Lipinski definition) is 4. The summed E-state index contributed by atoms with van der Waals surface area (Å²) in [4.78, 5) is 9.42. The summed E-state index contributed by atoms with van der Waals surface area (Å²) in [7, 11) is 0. The Kier molecular flexibility index (Phi) is 3.78. The maximum absolute atomic E-state index is 5.56. The van der Waals surface area contributed by atoms with Gasteiger partial charge in [-0.15, -0.1) is 0 Å². The van der Waals surface area contributed by atoms with Gasteiger partial charge in [0, 0.05) is 29.8 Å². The molecule has 0 aliphatic carbocycles. The number of anilines is 1. The zero-order valence-electron chi connectivity index (χ0n) is 12.9. The van der Waals surface area contributed by atoms with Crippen LogP contribution in [-0.2, 0) is 12.8 Å². The molecule has 110 valence electrons. The molecule has 0 radical (unpaired) electrons. The predicted octanol–water partition coefficient (Wildman–Crippen LogP) is 3.38. The molecule has 3 rings (SSSR count). The van der Waals surface area contributed by atoms with Gasteiger partial charge < -0.3 is 10.1 Å². The van der Waals surface area contributed by atoms with Crippen molar-refractivity contribution in [3.63, 3.8) is 0 Å². The lowest BCUT2D eigenvalue weighted by Crippen LogP contribution is -2.08. The third-order valence-electron chi connectivity index (χ3n) is 3.86. The van der Waals surface area contributed by atoms with Crippen molar-refractivity contribution in [2.45, 2.75) is 33.6 Å². The van der Waals surface area contributed by atoms with Crippen LogP contribution in [0.2, 0.25) is 0 Å². The average molecular weight is 283 g/mol. The van der Waals surface area contributed by atoms with Crippen LogP contribution >= 0.6 is 0 Å². The van der Waals surface area contributed by atoms with E-state index in [0.717, 1.165) is 54.6 Å². The van der Waals surface area contributed by atoms with Crippen LogP contribution in [-0.4, -0.2) is 23.1 Å². The first-order valence-corrected chi connectivity index (χ1v) is 7.60. The Morgan fingerprint density at radius 3 is 2.86 bits per heavy atom. The molecule has 0 atom stereocenters. The highest BCUT2D eigenvalue weighted by Crippen LogP contribution is 2.30. The number of nitrogens with zero attached hydrogens (tertiary/aromatic N) is 2. The van der Waals surface area contributed by atoms with E-state index in [4.69, 9.17) is 14.7 Å². The summed E-state index contributed by atoms with van der Waals surface area (Å²) in [5.41, 5.74) is 4.56. The normalized spacial score (nSPS) is 12.9. The minimum Gasteiger partial charge on any atom is -0.493 e. The molecule has 0 bridgehead atoms. The van der Waals surface area contributed by atoms with Gasteiger partial charge in [-0.3, -0.25) is 0 Å². The van der Waals surface area contributed by atoms with Crippen molar-refractivity contribution in [2.24, 2.45) is 0 Å². The highest BCUT2D eigenvalue weighted by Gasteiger charge is 2.15. The number of rotatable bonds is 4. The summed E-state index contributed by atoms with van der Waals surface area (Å²) >= 11 is 0. The molecule has 0 spiro atoms. The summed E-state index contributed by atoms with van der Waals surface area (Å²) in [5, 5.41) is 3.35. The van der Waals surface area contributed by atoms with Gasteiger partial charge in [-0.1, -0.05) is 6.92 Å². The molecule has 2 heterocycles. The van der Waals surface area contributed by atoms with Crippen LogP contribution in [0.3, 0.4) is 0 Å². The SMILES string of the molecule is CCNc1nc(-c2ccc3c(c2)CCO3)nc(C)c1CC. The van der Waals surface area contributed by atoms with Crippen molar-refractivity contribution >= 4 is 5.82 Å². The van der Waals surface area contributed by atoms with Crippen LogP contribution in [0.1, 0.15) is 30.7 Å². The number of benzene rings is 1. The van der Waals surface area contributed by atoms with Gasteiger partial charge in [-0.05, 0) is 44.0 Å². The summed E-state index contributed by atoms with van der Waals surface area (Å²) in [6.45, 7) is 7.92. The predicted molar refractivity (Wildman–Crippen MR) is 84.9 cm³/mol. The van der Waals surface area contributed by atoms with E-state index in [2.05, 4.69) is 32.2 Å². The zero-order chi connectivity index (χ0) is 14.8.